The molecular formula is C23H33N3O4. The summed E-state index contributed by atoms with van der Waals surface area (Å²) in [5.41, 5.74) is 2.14. The van der Waals surface area contributed by atoms with Gasteiger partial charge in [-0.3, -0.25) is 9.69 Å². The van der Waals surface area contributed by atoms with Gasteiger partial charge in [0.05, 0.1) is 17.7 Å². The molecule has 0 bridgehead atoms. The monoisotopic (exact) mass is 415 g/mol. The van der Waals surface area contributed by atoms with E-state index in [2.05, 4.69) is 10.6 Å². The SMILES string of the molecule is CCN1C(=O)NC(c2cccc(NC(=O)CC(C)(C)C)c2)C(C(=O)OC(C)C)=C1C. The largest absolute Gasteiger partial charge is 0.459 e. The van der Waals surface area contributed by atoms with Crippen molar-refractivity contribution in [2.24, 2.45) is 5.41 Å². The minimum Gasteiger partial charge on any atom is -0.459 e. The van der Waals surface area contributed by atoms with Crippen molar-refractivity contribution in [3.05, 3.63) is 41.1 Å². The molecule has 0 aromatic heterocycles. The van der Waals surface area contributed by atoms with Crippen molar-refractivity contribution < 1.29 is 19.1 Å². The van der Waals surface area contributed by atoms with Crippen LogP contribution in [0.3, 0.4) is 0 Å². The molecule has 1 aromatic rings. The molecule has 1 aromatic carbocycles. The molecule has 1 aliphatic heterocycles. The van der Waals surface area contributed by atoms with Crippen LogP contribution in [0.2, 0.25) is 0 Å². The summed E-state index contributed by atoms with van der Waals surface area (Å²) in [7, 11) is 0. The van der Waals surface area contributed by atoms with E-state index in [0.29, 0.717) is 35.5 Å². The number of nitrogens with one attached hydrogen (secondary N) is 2. The second kappa shape index (κ2) is 9.32. The molecule has 30 heavy (non-hydrogen) atoms. The fraction of sp³-hybridized carbons (Fsp3) is 0.522. The highest BCUT2D eigenvalue weighted by atomic mass is 16.5. The molecule has 7 heteroatoms. The number of hydrogen-bond donors (Lipinski definition) is 2. The van der Waals surface area contributed by atoms with E-state index in [0.717, 1.165) is 0 Å². The van der Waals surface area contributed by atoms with E-state index < -0.39 is 12.0 Å². The van der Waals surface area contributed by atoms with Gasteiger partial charge in [0, 0.05) is 24.4 Å². The molecule has 1 heterocycles. The Hall–Kier alpha value is -2.83. The number of allylic oxidation sites excluding steroid dienone is 1. The number of ether oxygens (including phenoxy) is 1. The number of amides is 3. The minimum absolute atomic E-state index is 0.0874. The van der Waals surface area contributed by atoms with Crippen molar-refractivity contribution in [3.8, 4) is 0 Å². The summed E-state index contributed by atoms with van der Waals surface area (Å²) in [6.07, 6.45) is 0.0996. The lowest BCUT2D eigenvalue weighted by Crippen LogP contribution is -2.48. The zero-order valence-corrected chi connectivity index (χ0v) is 19.0. The van der Waals surface area contributed by atoms with E-state index in [1.165, 1.54) is 4.90 Å². The van der Waals surface area contributed by atoms with Crippen LogP contribution in [-0.2, 0) is 14.3 Å². The summed E-state index contributed by atoms with van der Waals surface area (Å²) < 4.78 is 5.45. The highest BCUT2D eigenvalue weighted by molar-refractivity contribution is 5.95. The van der Waals surface area contributed by atoms with Crippen LogP contribution in [-0.4, -0.2) is 35.5 Å². The minimum atomic E-state index is -0.661. The number of esters is 1. The highest BCUT2D eigenvalue weighted by Gasteiger charge is 2.36. The average molecular weight is 416 g/mol. The van der Waals surface area contributed by atoms with Crippen molar-refractivity contribution in [1.82, 2.24) is 10.2 Å². The Bertz CT molecular complexity index is 852. The van der Waals surface area contributed by atoms with Gasteiger partial charge in [-0.25, -0.2) is 9.59 Å². The van der Waals surface area contributed by atoms with Crippen molar-refractivity contribution in [2.75, 3.05) is 11.9 Å². The van der Waals surface area contributed by atoms with Crippen LogP contribution >= 0.6 is 0 Å². The Labute approximate surface area is 178 Å². The highest BCUT2D eigenvalue weighted by Crippen LogP contribution is 2.32. The van der Waals surface area contributed by atoms with Gasteiger partial charge in [0.15, 0.2) is 0 Å². The molecule has 2 N–H and O–H groups in total. The second-order valence-electron chi connectivity index (χ2n) is 8.99. The van der Waals surface area contributed by atoms with Crippen molar-refractivity contribution in [2.45, 2.75) is 67.0 Å². The smallest absolute Gasteiger partial charge is 0.338 e. The van der Waals surface area contributed by atoms with E-state index in [1.54, 1.807) is 39.0 Å². The Morgan fingerprint density at radius 1 is 1.27 bits per heavy atom. The maximum atomic E-state index is 12.9. The lowest BCUT2D eigenvalue weighted by molar-refractivity contribution is -0.143. The third-order valence-corrected chi connectivity index (χ3v) is 4.67. The maximum absolute atomic E-state index is 12.9. The number of benzene rings is 1. The number of carbonyl (C=O) groups excluding carboxylic acids is 3. The molecule has 0 radical (unpaired) electrons. The molecule has 0 saturated heterocycles. The van der Waals surface area contributed by atoms with Crippen LogP contribution in [0, 0.1) is 5.41 Å². The summed E-state index contributed by atoms with van der Waals surface area (Å²) >= 11 is 0. The van der Waals surface area contributed by atoms with Gasteiger partial charge in [0.1, 0.15) is 0 Å². The fourth-order valence-electron chi connectivity index (χ4n) is 3.44. The van der Waals surface area contributed by atoms with E-state index in [4.69, 9.17) is 4.74 Å². The van der Waals surface area contributed by atoms with E-state index >= 15 is 0 Å². The molecule has 7 nitrogen and oxygen atoms in total. The summed E-state index contributed by atoms with van der Waals surface area (Å²) in [5, 5.41) is 5.81. The molecule has 0 fully saturated rings. The summed E-state index contributed by atoms with van der Waals surface area (Å²) in [5.74, 6) is -0.552. The van der Waals surface area contributed by atoms with Gasteiger partial charge in [-0.1, -0.05) is 32.9 Å². The molecule has 1 aliphatic rings. The second-order valence-corrected chi connectivity index (χ2v) is 8.99. The van der Waals surface area contributed by atoms with Gasteiger partial charge in [0.2, 0.25) is 5.91 Å². The fourth-order valence-corrected chi connectivity index (χ4v) is 3.44. The van der Waals surface area contributed by atoms with Crippen LogP contribution in [0.5, 0.6) is 0 Å². The third kappa shape index (κ3) is 5.84. The van der Waals surface area contributed by atoms with Crippen molar-refractivity contribution in [3.63, 3.8) is 0 Å². The molecular weight excluding hydrogens is 382 g/mol. The van der Waals surface area contributed by atoms with Crippen LogP contribution < -0.4 is 10.6 Å². The number of urea groups is 1. The van der Waals surface area contributed by atoms with Crippen LogP contribution in [0.25, 0.3) is 0 Å². The van der Waals surface area contributed by atoms with Gasteiger partial charge >= 0.3 is 12.0 Å². The predicted octanol–water partition coefficient (Wildman–Crippen LogP) is 4.37. The standard InChI is InChI=1S/C23H33N3O4/c1-8-26-15(4)19(21(28)30-14(2)3)20(25-22(26)29)16-10-9-11-17(12-16)24-18(27)13-23(5,6)7/h9-12,14,20H,8,13H2,1-7H3,(H,24,27)(H,25,29). The number of rotatable bonds is 6. The number of hydrogen-bond acceptors (Lipinski definition) is 4. The Morgan fingerprint density at radius 3 is 2.50 bits per heavy atom. The zero-order valence-electron chi connectivity index (χ0n) is 19.0. The van der Waals surface area contributed by atoms with Gasteiger partial charge in [-0.2, -0.15) is 0 Å². The maximum Gasteiger partial charge on any atom is 0.338 e. The number of carbonyl (C=O) groups is 3. The van der Waals surface area contributed by atoms with E-state index in [1.807, 2.05) is 33.8 Å². The Kier molecular flexibility index (Phi) is 7.29. The number of anilines is 1. The normalized spacial score (nSPS) is 17.1. The molecule has 0 saturated carbocycles. The first-order valence-electron chi connectivity index (χ1n) is 10.3. The lowest BCUT2D eigenvalue weighted by atomic mass is 9.92. The topological polar surface area (TPSA) is 87.7 Å². The van der Waals surface area contributed by atoms with Gasteiger partial charge in [0.25, 0.3) is 0 Å². The van der Waals surface area contributed by atoms with Gasteiger partial charge in [-0.05, 0) is 50.8 Å². The summed E-state index contributed by atoms with van der Waals surface area (Å²) in [6, 6.07) is 6.25. The van der Waals surface area contributed by atoms with Crippen LogP contribution in [0.4, 0.5) is 10.5 Å². The summed E-state index contributed by atoms with van der Waals surface area (Å²) in [4.78, 5) is 39.3. The van der Waals surface area contributed by atoms with E-state index in [-0.39, 0.29) is 23.5 Å². The third-order valence-electron chi connectivity index (χ3n) is 4.67. The Morgan fingerprint density at radius 2 is 1.93 bits per heavy atom. The van der Waals surface area contributed by atoms with Crippen molar-refractivity contribution in [1.29, 1.82) is 0 Å². The first kappa shape index (κ1) is 23.4. The quantitative estimate of drug-likeness (QED) is 0.675. The van der Waals surface area contributed by atoms with Gasteiger partial charge < -0.3 is 15.4 Å². The Balaban J connectivity index is 2.40. The molecule has 3 amide bonds. The first-order chi connectivity index (χ1) is 13.9. The molecule has 0 spiro atoms. The average Bonchev–Trinajstić information content (AvgIpc) is 2.59. The molecule has 0 aliphatic carbocycles. The summed E-state index contributed by atoms with van der Waals surface area (Å²) in [6.45, 7) is 13.6. The van der Waals surface area contributed by atoms with E-state index in [9.17, 15) is 14.4 Å². The lowest BCUT2D eigenvalue weighted by Gasteiger charge is -2.35. The van der Waals surface area contributed by atoms with Gasteiger partial charge in [-0.15, -0.1) is 0 Å². The molecule has 164 valence electrons. The molecule has 2 rings (SSSR count). The molecule has 1 atom stereocenters. The zero-order chi connectivity index (χ0) is 22.6. The van der Waals surface area contributed by atoms with Crippen LogP contribution in [0.15, 0.2) is 35.5 Å². The number of nitrogens with zero attached hydrogens (tertiary/aromatic N) is 1. The van der Waals surface area contributed by atoms with Crippen molar-refractivity contribution >= 4 is 23.6 Å². The predicted molar refractivity (Wildman–Crippen MR) is 117 cm³/mol. The first-order valence-corrected chi connectivity index (χ1v) is 10.3. The van der Waals surface area contributed by atoms with Crippen LogP contribution in [0.1, 0.15) is 66.5 Å². The molecule has 1 unspecified atom stereocenters.